The lowest BCUT2D eigenvalue weighted by Gasteiger charge is -2.11. The number of benzene rings is 3. The Morgan fingerprint density at radius 1 is 1.03 bits per heavy atom. The number of thioether (sulfide) groups is 1. The summed E-state index contributed by atoms with van der Waals surface area (Å²) in [6, 6.07) is 18.4. The minimum absolute atomic E-state index is 0.226. The number of halogens is 4. The van der Waals surface area contributed by atoms with E-state index in [1.165, 1.54) is 18.0 Å². The third-order valence-corrected chi connectivity index (χ3v) is 6.26. The molecule has 31 heavy (non-hydrogen) atoms. The number of nitrogens with one attached hydrogen (secondary N) is 1. The molecule has 0 aliphatic rings. The number of hydrazone groups is 1. The van der Waals surface area contributed by atoms with Crippen LogP contribution in [0.15, 0.2) is 75.1 Å². The smallest absolute Gasteiger partial charge is 0.250 e. The summed E-state index contributed by atoms with van der Waals surface area (Å²) in [6.07, 6.45) is 1.47. The third kappa shape index (κ3) is 7.74. The molecule has 160 valence electrons. The van der Waals surface area contributed by atoms with Crippen LogP contribution in [0, 0.1) is 0 Å². The van der Waals surface area contributed by atoms with E-state index in [2.05, 4.69) is 26.5 Å². The van der Waals surface area contributed by atoms with E-state index < -0.39 is 0 Å². The highest BCUT2D eigenvalue weighted by molar-refractivity contribution is 9.10. The highest BCUT2D eigenvalue weighted by Gasteiger charge is 2.10. The van der Waals surface area contributed by atoms with Crippen LogP contribution in [0.4, 0.5) is 0 Å². The highest BCUT2D eigenvalue weighted by atomic mass is 79.9. The fourth-order valence-corrected chi connectivity index (χ4v) is 4.11. The third-order valence-electron chi connectivity index (χ3n) is 3.90. The maximum Gasteiger partial charge on any atom is 0.250 e. The number of carbonyl (C=O) groups is 1. The summed E-state index contributed by atoms with van der Waals surface area (Å²) < 4.78 is 6.76. The van der Waals surface area contributed by atoms with Crippen LogP contribution in [0.2, 0.25) is 15.1 Å². The minimum atomic E-state index is -0.233. The average molecular weight is 559 g/mol. The van der Waals surface area contributed by atoms with Crippen molar-refractivity contribution in [2.75, 3.05) is 5.75 Å². The molecule has 3 aromatic carbocycles. The lowest BCUT2D eigenvalue weighted by molar-refractivity contribution is -0.118. The predicted molar refractivity (Wildman–Crippen MR) is 133 cm³/mol. The predicted octanol–water partition coefficient (Wildman–Crippen LogP) is 7.23. The van der Waals surface area contributed by atoms with Gasteiger partial charge in [0.25, 0.3) is 0 Å². The van der Waals surface area contributed by atoms with Crippen molar-refractivity contribution in [1.82, 2.24) is 5.43 Å². The van der Waals surface area contributed by atoms with Crippen molar-refractivity contribution in [1.29, 1.82) is 0 Å². The van der Waals surface area contributed by atoms with Crippen molar-refractivity contribution in [3.8, 4) is 5.75 Å². The Morgan fingerprint density at radius 2 is 1.68 bits per heavy atom. The molecule has 0 aliphatic carbocycles. The first-order chi connectivity index (χ1) is 14.9. The molecule has 0 unspecified atom stereocenters. The van der Waals surface area contributed by atoms with Crippen LogP contribution in [-0.2, 0) is 11.4 Å². The van der Waals surface area contributed by atoms with Crippen molar-refractivity contribution in [2.45, 2.75) is 11.5 Å². The Balaban J connectivity index is 1.52. The number of nitrogens with zero attached hydrogens (tertiary/aromatic N) is 1. The zero-order valence-corrected chi connectivity index (χ0v) is 20.6. The molecule has 0 atom stereocenters. The fourth-order valence-electron chi connectivity index (χ4n) is 2.42. The van der Waals surface area contributed by atoms with E-state index >= 15 is 0 Å². The van der Waals surface area contributed by atoms with Gasteiger partial charge in [0.05, 0.1) is 22.0 Å². The molecule has 0 saturated carbocycles. The molecule has 0 saturated heterocycles. The van der Waals surface area contributed by atoms with E-state index in [4.69, 9.17) is 39.5 Å². The van der Waals surface area contributed by atoms with Crippen LogP contribution in [-0.4, -0.2) is 17.9 Å². The molecule has 4 nitrogen and oxygen atoms in total. The van der Waals surface area contributed by atoms with E-state index in [9.17, 15) is 4.79 Å². The Morgan fingerprint density at radius 3 is 2.32 bits per heavy atom. The first-order valence-electron chi connectivity index (χ1n) is 8.97. The van der Waals surface area contributed by atoms with Crippen molar-refractivity contribution < 1.29 is 9.53 Å². The van der Waals surface area contributed by atoms with Crippen molar-refractivity contribution in [2.24, 2.45) is 5.10 Å². The van der Waals surface area contributed by atoms with Crippen LogP contribution >= 0.6 is 62.5 Å². The SMILES string of the molecule is O=C(CSc1ccc(Cl)cc1)N/N=C\c1cc(Cl)c(OCc2ccc(Br)cc2)c(Cl)c1. The van der Waals surface area contributed by atoms with Crippen LogP contribution in [0.3, 0.4) is 0 Å². The molecule has 0 aliphatic heterocycles. The largest absolute Gasteiger partial charge is 0.486 e. The molecule has 1 N–H and O–H groups in total. The number of hydrogen-bond donors (Lipinski definition) is 1. The van der Waals surface area contributed by atoms with E-state index in [0.29, 0.717) is 33.0 Å². The summed E-state index contributed by atoms with van der Waals surface area (Å²) in [5.41, 5.74) is 4.10. The molecule has 0 radical (unpaired) electrons. The van der Waals surface area contributed by atoms with Crippen molar-refractivity contribution >= 4 is 74.6 Å². The zero-order chi connectivity index (χ0) is 22.2. The summed E-state index contributed by atoms with van der Waals surface area (Å²) in [5.74, 6) is 0.387. The first kappa shape index (κ1) is 24.0. The number of rotatable bonds is 8. The van der Waals surface area contributed by atoms with Crippen LogP contribution in [0.1, 0.15) is 11.1 Å². The lowest BCUT2D eigenvalue weighted by Crippen LogP contribution is -2.19. The Bertz CT molecular complexity index is 1050. The van der Waals surface area contributed by atoms with Gasteiger partial charge in [0.15, 0.2) is 5.75 Å². The second-order valence-corrected chi connectivity index (χ2v) is 9.48. The average Bonchev–Trinajstić information content (AvgIpc) is 2.74. The quantitative estimate of drug-likeness (QED) is 0.180. The van der Waals surface area contributed by atoms with Crippen LogP contribution < -0.4 is 10.2 Å². The zero-order valence-electron chi connectivity index (χ0n) is 15.9. The van der Waals surface area contributed by atoms with E-state index in [0.717, 1.165) is 14.9 Å². The molecule has 0 aromatic heterocycles. The van der Waals surface area contributed by atoms with Gasteiger partial charge in [-0.05, 0) is 59.7 Å². The van der Waals surface area contributed by atoms with Gasteiger partial charge in [-0.3, -0.25) is 4.79 Å². The molecule has 0 bridgehead atoms. The topological polar surface area (TPSA) is 50.7 Å². The fraction of sp³-hybridized carbons (Fsp3) is 0.0909. The number of ether oxygens (including phenoxy) is 1. The highest BCUT2D eigenvalue weighted by Crippen LogP contribution is 2.34. The monoisotopic (exact) mass is 556 g/mol. The lowest BCUT2D eigenvalue weighted by atomic mass is 10.2. The molecule has 9 heteroatoms. The van der Waals surface area contributed by atoms with Crippen LogP contribution in [0.5, 0.6) is 5.75 Å². The van der Waals surface area contributed by atoms with Gasteiger partial charge < -0.3 is 4.74 Å². The number of amides is 1. The summed E-state index contributed by atoms with van der Waals surface area (Å²) in [6.45, 7) is 0.335. The first-order valence-corrected chi connectivity index (χ1v) is 11.9. The summed E-state index contributed by atoms with van der Waals surface area (Å²) >= 11 is 23.3. The number of hydrogen-bond acceptors (Lipinski definition) is 4. The van der Waals surface area contributed by atoms with E-state index in [1.54, 1.807) is 24.3 Å². The van der Waals surface area contributed by atoms with Gasteiger partial charge >= 0.3 is 0 Å². The molecule has 3 aromatic rings. The van der Waals surface area contributed by atoms with Gasteiger partial charge in [-0.1, -0.05) is 62.9 Å². The molecule has 3 rings (SSSR count). The summed E-state index contributed by atoms with van der Waals surface area (Å²) in [7, 11) is 0. The van der Waals surface area contributed by atoms with Gasteiger partial charge in [0, 0.05) is 14.4 Å². The van der Waals surface area contributed by atoms with Crippen molar-refractivity contribution in [3.63, 3.8) is 0 Å². The standard InChI is InChI=1S/C22H16BrCl3N2O2S/c23-16-3-1-14(2-4-16)12-30-22-19(25)9-15(10-20(22)26)11-27-28-21(29)13-31-18-7-5-17(24)6-8-18/h1-11H,12-13H2,(H,28,29)/b27-11-. The maximum absolute atomic E-state index is 12.0. The number of carbonyl (C=O) groups excluding carboxylic acids is 1. The molecular formula is C22H16BrCl3N2O2S. The molecule has 0 fully saturated rings. The van der Waals surface area contributed by atoms with Crippen LogP contribution in [0.25, 0.3) is 0 Å². The Hall–Kier alpha value is -1.70. The second-order valence-electron chi connectivity index (χ2n) is 6.26. The normalized spacial score (nSPS) is 11.0. The van der Waals surface area contributed by atoms with Gasteiger partial charge in [-0.15, -0.1) is 11.8 Å². The molecule has 0 heterocycles. The van der Waals surface area contributed by atoms with E-state index in [-0.39, 0.29) is 11.7 Å². The molecule has 1 amide bonds. The van der Waals surface area contributed by atoms with Gasteiger partial charge in [-0.25, -0.2) is 5.43 Å². The summed E-state index contributed by atoms with van der Waals surface area (Å²) in [5, 5.41) is 5.33. The maximum atomic E-state index is 12.0. The second kappa shape index (κ2) is 11.8. The molecular weight excluding hydrogens is 543 g/mol. The van der Waals surface area contributed by atoms with Gasteiger partial charge in [-0.2, -0.15) is 5.10 Å². The van der Waals surface area contributed by atoms with E-state index in [1.807, 2.05) is 36.4 Å². The van der Waals surface area contributed by atoms with Crippen molar-refractivity contribution in [3.05, 3.63) is 91.3 Å². The van der Waals surface area contributed by atoms with Gasteiger partial charge in [0.2, 0.25) is 5.91 Å². The molecule has 0 spiro atoms. The minimum Gasteiger partial charge on any atom is -0.486 e. The Labute approximate surface area is 208 Å². The Kier molecular flexibility index (Phi) is 9.11. The van der Waals surface area contributed by atoms with Gasteiger partial charge in [0.1, 0.15) is 6.61 Å². The summed E-state index contributed by atoms with van der Waals surface area (Å²) in [4.78, 5) is 12.9.